The summed E-state index contributed by atoms with van der Waals surface area (Å²) in [6, 6.07) is 40.6. The predicted octanol–water partition coefficient (Wildman–Crippen LogP) is 5.17. The molecule has 0 saturated carbocycles. The molecule has 0 unspecified atom stereocenters. The number of rotatable bonds is 10. The van der Waals surface area contributed by atoms with Crippen LogP contribution in [-0.4, -0.2) is 25.3 Å². The predicted molar refractivity (Wildman–Crippen MR) is 154 cm³/mol. The second-order valence-corrected chi connectivity index (χ2v) is 14.0. The van der Waals surface area contributed by atoms with E-state index in [2.05, 4.69) is 93.6 Å². The molecule has 0 fully saturated rings. The molecule has 0 aliphatic rings. The van der Waals surface area contributed by atoms with E-state index in [1.54, 1.807) is 0 Å². The first-order chi connectivity index (χ1) is 17.8. The maximum atomic E-state index is 13.4. The van der Waals surface area contributed by atoms with Crippen molar-refractivity contribution in [2.24, 2.45) is 5.41 Å². The largest absolute Gasteiger partial charge is 0.400 e. The Balaban J connectivity index is 1.75. The molecule has 4 aromatic carbocycles. The summed E-state index contributed by atoms with van der Waals surface area (Å²) >= 11 is 0. The molecule has 1 N–H and O–H groups in total. The summed E-state index contributed by atoms with van der Waals surface area (Å²) in [4.78, 5) is 13.4. The van der Waals surface area contributed by atoms with Gasteiger partial charge in [-0.1, -0.05) is 142 Å². The van der Waals surface area contributed by atoms with Crippen LogP contribution in [0.25, 0.3) is 0 Å². The summed E-state index contributed by atoms with van der Waals surface area (Å²) in [5, 5.41) is 14.1. The van der Waals surface area contributed by atoms with Crippen molar-refractivity contribution in [1.29, 1.82) is 0 Å². The number of hydrogen-bond acceptors (Lipinski definition) is 3. The Morgan fingerprint density at radius 1 is 0.676 bits per heavy atom. The fourth-order valence-electron chi connectivity index (χ4n) is 4.76. The van der Waals surface area contributed by atoms with Crippen molar-refractivity contribution < 1.29 is 14.3 Å². The molecule has 0 radical (unpaired) electrons. The van der Waals surface area contributed by atoms with Gasteiger partial charge in [-0.15, -0.1) is 0 Å². The van der Waals surface area contributed by atoms with Gasteiger partial charge in [0.15, 0.2) is 0 Å². The Bertz CT molecular complexity index is 1160. The smallest absolute Gasteiger partial charge is 0.288 e. The lowest BCUT2D eigenvalue weighted by molar-refractivity contribution is -0.124. The number of aliphatic hydroxyl groups excluding tert-OH is 1. The van der Waals surface area contributed by atoms with E-state index in [4.69, 9.17) is 4.43 Å². The van der Waals surface area contributed by atoms with Crippen LogP contribution in [0.1, 0.15) is 45.3 Å². The van der Waals surface area contributed by atoms with E-state index in [0.29, 0.717) is 0 Å². The highest BCUT2D eigenvalue weighted by molar-refractivity contribution is 7.07. The Kier molecular flexibility index (Phi) is 8.54. The highest BCUT2D eigenvalue weighted by Crippen LogP contribution is 2.30. The van der Waals surface area contributed by atoms with Crippen LogP contribution in [0.5, 0.6) is 0 Å². The van der Waals surface area contributed by atoms with E-state index in [1.807, 2.05) is 48.5 Å². The van der Waals surface area contributed by atoms with Crippen molar-refractivity contribution >= 4 is 29.7 Å². The van der Waals surface area contributed by atoms with Crippen LogP contribution in [0.15, 0.2) is 121 Å². The molecule has 0 aromatic heterocycles. The van der Waals surface area contributed by atoms with Crippen molar-refractivity contribution in [2.75, 3.05) is 0 Å². The molecule has 0 amide bonds. The minimum atomic E-state index is -2.98. The molecule has 0 bridgehead atoms. The molecule has 3 nitrogen and oxygen atoms in total. The van der Waals surface area contributed by atoms with Gasteiger partial charge in [0.25, 0.3) is 8.32 Å². The van der Waals surface area contributed by atoms with Crippen molar-refractivity contribution in [2.45, 2.75) is 45.8 Å². The van der Waals surface area contributed by atoms with Gasteiger partial charge in [0.1, 0.15) is 5.78 Å². The van der Waals surface area contributed by atoms with Gasteiger partial charge in [0.05, 0.1) is 12.2 Å². The van der Waals surface area contributed by atoms with Gasteiger partial charge in [-0.05, 0) is 26.5 Å². The average Bonchev–Trinajstić information content (AvgIpc) is 2.92. The zero-order valence-electron chi connectivity index (χ0n) is 21.9. The van der Waals surface area contributed by atoms with Gasteiger partial charge in [-0.25, -0.2) is 0 Å². The van der Waals surface area contributed by atoms with Gasteiger partial charge < -0.3 is 9.53 Å². The van der Waals surface area contributed by atoms with Crippen LogP contribution >= 0.6 is 0 Å². The quantitative estimate of drug-likeness (QED) is 0.238. The number of hydrogen-bond donors (Lipinski definition) is 1. The second kappa shape index (κ2) is 11.8. The average molecular weight is 509 g/mol. The Morgan fingerprint density at radius 2 is 1.05 bits per heavy atom. The first-order valence-electron chi connectivity index (χ1n) is 12.9. The number of aliphatic hydroxyl groups is 1. The molecule has 190 valence electrons. The zero-order valence-corrected chi connectivity index (χ0v) is 22.9. The summed E-state index contributed by atoms with van der Waals surface area (Å²) in [6.45, 7) is 6.37. The fourth-order valence-corrected chi connectivity index (χ4v) is 9.02. The molecule has 0 aliphatic carbocycles. The van der Waals surface area contributed by atoms with Crippen LogP contribution in [0.2, 0.25) is 0 Å². The lowest BCUT2D eigenvalue weighted by Crippen LogP contribution is -2.71. The molecule has 2 atom stereocenters. The minimum absolute atomic E-state index is 0.00615. The molecule has 0 spiro atoms. The highest BCUT2D eigenvalue weighted by atomic mass is 28.4. The van der Waals surface area contributed by atoms with E-state index in [-0.39, 0.29) is 30.1 Å². The third-order valence-corrected chi connectivity index (χ3v) is 10.9. The van der Waals surface area contributed by atoms with E-state index in [9.17, 15) is 9.90 Å². The Labute approximate surface area is 221 Å². The van der Waals surface area contributed by atoms with Gasteiger partial charge in [0.2, 0.25) is 0 Å². The van der Waals surface area contributed by atoms with Crippen LogP contribution in [0, 0.1) is 5.41 Å². The number of carbonyl (C=O) groups is 1. The number of ketones is 1. The number of benzene rings is 4. The first-order valence-corrected chi connectivity index (χ1v) is 14.8. The van der Waals surface area contributed by atoms with Gasteiger partial charge in [-0.2, -0.15) is 0 Å². The molecule has 0 heterocycles. The van der Waals surface area contributed by atoms with Crippen molar-refractivity contribution in [3.05, 3.63) is 127 Å². The highest BCUT2D eigenvalue weighted by Gasteiger charge is 2.46. The third kappa shape index (κ3) is 6.34. The van der Waals surface area contributed by atoms with Crippen LogP contribution in [-0.2, 0) is 9.22 Å². The SMILES string of the molecule is CC(C)(C)[C@H](CC(=O)C[C@@H](O)c1ccccc1)O[Si](c1ccccc1)(c1ccccc1)c1ccccc1. The van der Waals surface area contributed by atoms with E-state index >= 15 is 0 Å². The molecule has 4 heteroatoms. The Morgan fingerprint density at radius 3 is 1.43 bits per heavy atom. The molecule has 4 rings (SSSR count). The van der Waals surface area contributed by atoms with Crippen molar-refractivity contribution in [3.63, 3.8) is 0 Å². The van der Waals surface area contributed by atoms with Crippen molar-refractivity contribution in [3.8, 4) is 0 Å². The van der Waals surface area contributed by atoms with Crippen LogP contribution in [0.3, 0.4) is 0 Å². The lowest BCUT2D eigenvalue weighted by atomic mass is 9.85. The molecule has 0 aliphatic heterocycles. The summed E-state index contributed by atoms with van der Waals surface area (Å²) in [6.07, 6.45) is -0.880. The van der Waals surface area contributed by atoms with Crippen LogP contribution in [0.4, 0.5) is 0 Å². The van der Waals surface area contributed by atoms with Gasteiger partial charge in [-0.3, -0.25) is 4.79 Å². The first kappa shape index (κ1) is 26.7. The zero-order chi connectivity index (χ0) is 26.3. The lowest BCUT2D eigenvalue weighted by Gasteiger charge is -2.41. The minimum Gasteiger partial charge on any atom is -0.400 e. The fraction of sp³-hybridized carbons (Fsp3) is 0.242. The maximum absolute atomic E-state index is 13.4. The Hall–Kier alpha value is -3.31. The monoisotopic (exact) mass is 508 g/mol. The molecule has 0 saturated heterocycles. The molecule has 37 heavy (non-hydrogen) atoms. The number of carbonyl (C=O) groups excluding carboxylic acids is 1. The summed E-state index contributed by atoms with van der Waals surface area (Å²) in [5.41, 5.74) is 0.454. The second-order valence-electron chi connectivity index (χ2n) is 10.6. The number of Topliss-reactive ketones (excluding diaryl/α,β-unsaturated/α-hetero) is 1. The molecular formula is C33H36O3Si. The summed E-state index contributed by atoms with van der Waals surface area (Å²) < 4.78 is 7.36. The summed E-state index contributed by atoms with van der Waals surface area (Å²) in [7, 11) is -2.98. The standard InChI is InChI=1S/C33H36O3Si/c1-33(2,3)32(25-27(34)24-31(35)26-16-8-4-9-17-26)36-37(28-18-10-5-11-19-28,29-20-12-6-13-21-29)30-22-14-7-15-23-30/h4-23,31-32,35H,24-25H2,1-3H3/t31-,32+/m1/s1. The normalized spacial score (nSPS) is 13.6. The van der Waals surface area contributed by atoms with E-state index in [1.165, 1.54) is 0 Å². The molecular weight excluding hydrogens is 472 g/mol. The third-order valence-electron chi connectivity index (χ3n) is 6.84. The van der Waals surface area contributed by atoms with Crippen molar-refractivity contribution in [1.82, 2.24) is 0 Å². The van der Waals surface area contributed by atoms with E-state index < -0.39 is 14.4 Å². The van der Waals surface area contributed by atoms with E-state index in [0.717, 1.165) is 21.1 Å². The van der Waals surface area contributed by atoms with Gasteiger partial charge >= 0.3 is 0 Å². The van der Waals surface area contributed by atoms with Crippen LogP contribution < -0.4 is 15.6 Å². The molecule has 4 aromatic rings. The summed E-state index contributed by atoms with van der Waals surface area (Å²) in [5.74, 6) is -0.00615. The topological polar surface area (TPSA) is 46.5 Å². The maximum Gasteiger partial charge on any atom is 0.288 e. The van der Waals surface area contributed by atoms with Gasteiger partial charge in [0, 0.05) is 12.8 Å².